The number of hydrogen-bond acceptors (Lipinski definition) is 5. The molecule has 5 nitrogen and oxygen atoms in total. The van der Waals surface area contributed by atoms with E-state index in [1.54, 1.807) is 13.2 Å². The molecular formula is C23H32N2O3. The highest BCUT2D eigenvalue weighted by molar-refractivity contribution is 5.45. The molecule has 0 spiro atoms. The van der Waals surface area contributed by atoms with Crippen molar-refractivity contribution in [3.63, 3.8) is 0 Å². The third-order valence-electron chi connectivity index (χ3n) is 5.60. The second-order valence-corrected chi connectivity index (χ2v) is 7.49. The van der Waals surface area contributed by atoms with Crippen LogP contribution in [0.25, 0.3) is 0 Å². The number of hydrogen-bond donors (Lipinski definition) is 2. The second kappa shape index (κ2) is 10.5. The monoisotopic (exact) mass is 384 g/mol. The van der Waals surface area contributed by atoms with Gasteiger partial charge in [-0.2, -0.15) is 0 Å². The number of ether oxygens (including phenoxy) is 1. The summed E-state index contributed by atoms with van der Waals surface area (Å²) in [7, 11) is 1.57. The first kappa shape index (κ1) is 20.6. The first-order valence-electron chi connectivity index (χ1n) is 10.2. The third kappa shape index (κ3) is 5.47. The van der Waals surface area contributed by atoms with Crippen LogP contribution in [0.4, 0.5) is 0 Å². The Morgan fingerprint density at radius 3 is 2.64 bits per heavy atom. The fraction of sp³-hybridized carbons (Fsp3) is 0.478. The maximum absolute atomic E-state index is 10.4. The number of aliphatic hydroxyl groups excluding tert-OH is 1. The highest BCUT2D eigenvalue weighted by Gasteiger charge is 2.26. The Kier molecular flexibility index (Phi) is 7.71. The van der Waals surface area contributed by atoms with E-state index in [2.05, 4.69) is 40.1 Å². The average molecular weight is 385 g/mol. The quantitative estimate of drug-likeness (QED) is 0.696. The van der Waals surface area contributed by atoms with Gasteiger partial charge in [-0.1, -0.05) is 42.5 Å². The van der Waals surface area contributed by atoms with Crippen LogP contribution >= 0.6 is 0 Å². The van der Waals surface area contributed by atoms with Crippen molar-refractivity contribution in [2.75, 3.05) is 39.9 Å². The summed E-state index contributed by atoms with van der Waals surface area (Å²) in [6, 6.07) is 16.6. The van der Waals surface area contributed by atoms with Crippen molar-refractivity contribution in [2.24, 2.45) is 0 Å². The lowest BCUT2D eigenvalue weighted by molar-refractivity contribution is 0.0543. The number of piperazine rings is 1. The summed E-state index contributed by atoms with van der Waals surface area (Å²) in [5, 5.41) is 19.9. The predicted molar refractivity (Wildman–Crippen MR) is 112 cm³/mol. The molecule has 1 aliphatic heterocycles. The van der Waals surface area contributed by atoms with Gasteiger partial charge < -0.3 is 14.9 Å². The molecular weight excluding hydrogens is 352 g/mol. The van der Waals surface area contributed by atoms with Crippen LogP contribution in [0, 0.1) is 0 Å². The number of methoxy groups -OCH3 is 1. The molecule has 5 heteroatoms. The molecule has 0 bridgehead atoms. The van der Waals surface area contributed by atoms with E-state index in [0.717, 1.165) is 51.0 Å². The summed E-state index contributed by atoms with van der Waals surface area (Å²) in [5.74, 6) is 0.748. The molecule has 28 heavy (non-hydrogen) atoms. The van der Waals surface area contributed by atoms with Crippen molar-refractivity contribution in [1.82, 2.24) is 9.80 Å². The normalized spacial score (nSPS) is 18.3. The molecule has 0 saturated carbocycles. The van der Waals surface area contributed by atoms with Crippen molar-refractivity contribution in [2.45, 2.75) is 31.8 Å². The van der Waals surface area contributed by atoms with E-state index in [4.69, 9.17) is 4.74 Å². The topological polar surface area (TPSA) is 56.2 Å². The Balaban J connectivity index is 1.54. The molecule has 2 N–H and O–H groups in total. The predicted octanol–water partition coefficient (Wildman–Crippen LogP) is 2.90. The van der Waals surface area contributed by atoms with Gasteiger partial charge in [0, 0.05) is 44.4 Å². The lowest BCUT2D eigenvalue weighted by atomic mass is 10.1. The SMILES string of the molecule is COc1cccc(CN2CCN(CCCc3ccccc3)C(CCO)C2)c1O. The van der Waals surface area contributed by atoms with Gasteiger partial charge in [-0.3, -0.25) is 9.80 Å². The van der Waals surface area contributed by atoms with Crippen LogP contribution in [0.2, 0.25) is 0 Å². The molecule has 3 rings (SSSR count). The van der Waals surface area contributed by atoms with Crippen LogP contribution in [0.5, 0.6) is 11.5 Å². The second-order valence-electron chi connectivity index (χ2n) is 7.49. The first-order chi connectivity index (χ1) is 13.7. The number of rotatable bonds is 9. The molecule has 0 amide bonds. The number of aliphatic hydroxyl groups is 1. The summed E-state index contributed by atoms with van der Waals surface area (Å²) in [6.07, 6.45) is 3.00. The van der Waals surface area contributed by atoms with Gasteiger partial charge in [0.25, 0.3) is 0 Å². The van der Waals surface area contributed by atoms with Crippen molar-refractivity contribution in [3.05, 3.63) is 59.7 Å². The van der Waals surface area contributed by atoms with Gasteiger partial charge in [-0.25, -0.2) is 0 Å². The molecule has 0 radical (unpaired) electrons. The third-order valence-corrected chi connectivity index (χ3v) is 5.60. The van der Waals surface area contributed by atoms with Gasteiger partial charge in [-0.05, 0) is 37.4 Å². The van der Waals surface area contributed by atoms with Crippen molar-refractivity contribution >= 4 is 0 Å². The molecule has 1 unspecified atom stereocenters. The zero-order valence-corrected chi connectivity index (χ0v) is 16.8. The number of benzene rings is 2. The summed E-state index contributed by atoms with van der Waals surface area (Å²) >= 11 is 0. The molecule has 2 aromatic carbocycles. The zero-order chi connectivity index (χ0) is 19.8. The first-order valence-corrected chi connectivity index (χ1v) is 10.2. The number of aromatic hydroxyl groups is 1. The summed E-state index contributed by atoms with van der Waals surface area (Å²) in [4.78, 5) is 4.88. The summed E-state index contributed by atoms with van der Waals surface area (Å²) in [6.45, 7) is 4.81. The highest BCUT2D eigenvalue weighted by Crippen LogP contribution is 2.30. The standard InChI is InChI=1S/C23H32N2O3/c1-28-22-11-5-10-20(23(22)27)17-24-14-15-25(21(18-24)12-16-26)13-6-9-19-7-3-2-4-8-19/h2-5,7-8,10-11,21,26-27H,6,9,12-18H2,1H3. The molecule has 0 aliphatic carbocycles. The van der Waals surface area contributed by atoms with E-state index in [0.29, 0.717) is 18.3 Å². The van der Waals surface area contributed by atoms with Crippen LogP contribution in [-0.2, 0) is 13.0 Å². The Labute approximate surface area is 168 Å². The number of phenolic OH excluding ortho intramolecular Hbond substituents is 1. The molecule has 0 aromatic heterocycles. The smallest absolute Gasteiger partial charge is 0.162 e. The van der Waals surface area contributed by atoms with E-state index in [1.807, 2.05) is 12.1 Å². The highest BCUT2D eigenvalue weighted by atomic mass is 16.5. The maximum atomic E-state index is 10.4. The van der Waals surface area contributed by atoms with Gasteiger partial charge in [0.15, 0.2) is 11.5 Å². The fourth-order valence-electron chi connectivity index (χ4n) is 4.05. The minimum absolute atomic E-state index is 0.206. The molecule has 1 saturated heterocycles. The zero-order valence-electron chi connectivity index (χ0n) is 16.8. The Hall–Kier alpha value is -2.08. The van der Waals surface area contributed by atoms with Crippen LogP contribution in [0.15, 0.2) is 48.5 Å². The van der Waals surface area contributed by atoms with Gasteiger partial charge in [-0.15, -0.1) is 0 Å². The van der Waals surface area contributed by atoms with Gasteiger partial charge in [0.1, 0.15) is 0 Å². The average Bonchev–Trinajstić information content (AvgIpc) is 2.72. The summed E-state index contributed by atoms with van der Waals surface area (Å²) in [5.41, 5.74) is 2.27. The molecule has 1 fully saturated rings. The number of aryl methyl sites for hydroxylation is 1. The summed E-state index contributed by atoms with van der Waals surface area (Å²) < 4.78 is 5.22. The van der Waals surface area contributed by atoms with Crippen molar-refractivity contribution in [1.29, 1.82) is 0 Å². The van der Waals surface area contributed by atoms with Crippen LogP contribution in [0.1, 0.15) is 24.0 Å². The van der Waals surface area contributed by atoms with Crippen LogP contribution in [0.3, 0.4) is 0 Å². The lowest BCUT2D eigenvalue weighted by Crippen LogP contribution is -2.53. The number of para-hydroxylation sites is 1. The van der Waals surface area contributed by atoms with E-state index >= 15 is 0 Å². The van der Waals surface area contributed by atoms with E-state index in [-0.39, 0.29) is 12.4 Å². The minimum Gasteiger partial charge on any atom is -0.504 e. The minimum atomic E-state index is 0.206. The molecule has 152 valence electrons. The van der Waals surface area contributed by atoms with E-state index in [9.17, 15) is 10.2 Å². The number of phenols is 1. The van der Waals surface area contributed by atoms with Crippen LogP contribution < -0.4 is 4.74 Å². The van der Waals surface area contributed by atoms with E-state index < -0.39 is 0 Å². The number of nitrogens with zero attached hydrogens (tertiary/aromatic N) is 2. The van der Waals surface area contributed by atoms with Gasteiger partial charge in [0.2, 0.25) is 0 Å². The van der Waals surface area contributed by atoms with Crippen molar-refractivity contribution in [3.8, 4) is 11.5 Å². The Morgan fingerprint density at radius 1 is 1.07 bits per heavy atom. The van der Waals surface area contributed by atoms with Crippen molar-refractivity contribution < 1.29 is 14.9 Å². The van der Waals surface area contributed by atoms with Gasteiger partial charge >= 0.3 is 0 Å². The Bertz CT molecular complexity index is 723. The van der Waals surface area contributed by atoms with Crippen LogP contribution in [-0.4, -0.2) is 66.0 Å². The van der Waals surface area contributed by atoms with E-state index in [1.165, 1.54) is 5.56 Å². The molecule has 1 aliphatic rings. The fourth-order valence-corrected chi connectivity index (χ4v) is 4.05. The lowest BCUT2D eigenvalue weighted by Gasteiger charge is -2.41. The largest absolute Gasteiger partial charge is 0.504 e. The Morgan fingerprint density at radius 2 is 1.89 bits per heavy atom. The maximum Gasteiger partial charge on any atom is 0.162 e. The molecule has 1 heterocycles. The molecule has 1 atom stereocenters. The molecule has 2 aromatic rings. The van der Waals surface area contributed by atoms with Gasteiger partial charge in [0.05, 0.1) is 7.11 Å².